The molecule has 0 saturated carbocycles. The third kappa shape index (κ3) is 4.77. The van der Waals surface area contributed by atoms with Crippen LogP contribution in [0.5, 0.6) is 0 Å². The highest BCUT2D eigenvalue weighted by Crippen LogP contribution is 2.43. The van der Waals surface area contributed by atoms with Crippen LogP contribution in [0.15, 0.2) is 162 Å². The van der Waals surface area contributed by atoms with Gasteiger partial charge in [-0.25, -0.2) is 19.9 Å². The minimum atomic E-state index is 0.615. The van der Waals surface area contributed by atoms with Gasteiger partial charge in [0.1, 0.15) is 5.52 Å². The van der Waals surface area contributed by atoms with Crippen molar-refractivity contribution in [3.63, 3.8) is 0 Å². The third-order valence-corrected chi connectivity index (χ3v) is 10.3. The zero-order valence-corrected chi connectivity index (χ0v) is 27.4. The van der Waals surface area contributed by atoms with Crippen LogP contribution in [0.1, 0.15) is 0 Å². The van der Waals surface area contributed by atoms with Crippen molar-refractivity contribution in [2.75, 3.05) is 0 Å². The molecule has 0 unspecified atom stereocenters. The Labute approximate surface area is 291 Å². The van der Waals surface area contributed by atoms with E-state index in [0.717, 1.165) is 66.0 Å². The molecule has 0 amide bonds. The molecular formula is C44H26N4OS. The molecule has 10 aromatic rings. The second kappa shape index (κ2) is 11.6. The molecule has 0 radical (unpaired) electrons. The Balaban J connectivity index is 1.12. The lowest BCUT2D eigenvalue weighted by molar-refractivity contribution is 0.620. The minimum Gasteiger partial charge on any atom is -0.436 e. The Morgan fingerprint density at radius 3 is 1.86 bits per heavy atom. The molecule has 0 aliphatic heterocycles. The number of aromatic nitrogens is 4. The summed E-state index contributed by atoms with van der Waals surface area (Å²) in [5.74, 6) is 2.57. The van der Waals surface area contributed by atoms with Gasteiger partial charge in [-0.1, -0.05) is 133 Å². The maximum atomic E-state index is 6.38. The molecular weight excluding hydrogens is 633 g/mol. The van der Waals surface area contributed by atoms with Crippen LogP contribution in [0.25, 0.3) is 98.8 Å². The van der Waals surface area contributed by atoms with Gasteiger partial charge in [0.25, 0.3) is 0 Å². The van der Waals surface area contributed by atoms with Crippen molar-refractivity contribution in [3.8, 4) is 56.7 Å². The van der Waals surface area contributed by atoms with E-state index in [9.17, 15) is 0 Å². The molecule has 0 N–H and O–H groups in total. The number of hydrogen-bond donors (Lipinski definition) is 0. The number of benzene rings is 7. The molecule has 6 heteroatoms. The van der Waals surface area contributed by atoms with Crippen molar-refractivity contribution in [1.82, 2.24) is 19.9 Å². The van der Waals surface area contributed by atoms with Crippen molar-refractivity contribution in [1.29, 1.82) is 0 Å². The summed E-state index contributed by atoms with van der Waals surface area (Å²) in [4.78, 5) is 20.0. The summed E-state index contributed by atoms with van der Waals surface area (Å²) in [7, 11) is 0. The SMILES string of the molecule is c1ccc(-c2nc(-c3ccccc3)nc(-c3cccc4sc5cc(-c6ccccc6-c6nc7c(ccc8ccccc87)o6)ccc5c34)n2)cc1. The van der Waals surface area contributed by atoms with Crippen LogP contribution in [0.4, 0.5) is 0 Å². The molecule has 0 aliphatic rings. The van der Waals surface area contributed by atoms with Crippen LogP contribution in [0, 0.1) is 0 Å². The summed E-state index contributed by atoms with van der Waals surface area (Å²) < 4.78 is 8.74. The van der Waals surface area contributed by atoms with E-state index in [1.54, 1.807) is 11.3 Å². The van der Waals surface area contributed by atoms with Gasteiger partial charge in [-0.2, -0.15) is 0 Å². The molecule has 50 heavy (non-hydrogen) atoms. The Bertz CT molecular complexity index is 2820. The Kier molecular flexibility index (Phi) is 6.60. The first-order valence-corrected chi connectivity index (χ1v) is 17.3. The van der Waals surface area contributed by atoms with Gasteiger partial charge in [0, 0.05) is 47.8 Å². The average molecular weight is 659 g/mol. The molecule has 234 valence electrons. The van der Waals surface area contributed by atoms with E-state index in [1.807, 2.05) is 84.9 Å². The first kappa shape index (κ1) is 28.5. The van der Waals surface area contributed by atoms with E-state index in [1.165, 1.54) is 9.40 Å². The van der Waals surface area contributed by atoms with Gasteiger partial charge in [-0.05, 0) is 40.8 Å². The van der Waals surface area contributed by atoms with Crippen LogP contribution in [-0.2, 0) is 0 Å². The molecule has 0 saturated heterocycles. The van der Waals surface area contributed by atoms with E-state index >= 15 is 0 Å². The Morgan fingerprint density at radius 1 is 0.420 bits per heavy atom. The Hall–Kier alpha value is -6.50. The number of fused-ring (bicyclic) bond motifs is 6. The third-order valence-electron chi connectivity index (χ3n) is 9.19. The van der Waals surface area contributed by atoms with E-state index < -0.39 is 0 Å². The molecule has 0 fully saturated rings. The summed E-state index contributed by atoms with van der Waals surface area (Å²) in [5, 5.41) is 4.54. The molecule has 0 spiro atoms. The topological polar surface area (TPSA) is 64.7 Å². The summed E-state index contributed by atoms with van der Waals surface area (Å²) in [6.07, 6.45) is 0. The van der Waals surface area contributed by atoms with E-state index in [4.69, 9.17) is 24.4 Å². The lowest BCUT2D eigenvalue weighted by Gasteiger charge is -2.10. The minimum absolute atomic E-state index is 0.615. The van der Waals surface area contributed by atoms with Crippen LogP contribution < -0.4 is 0 Å². The number of nitrogens with zero attached hydrogens (tertiary/aromatic N) is 4. The molecule has 0 aliphatic carbocycles. The maximum absolute atomic E-state index is 6.38. The normalized spacial score (nSPS) is 11.6. The second-order valence-corrected chi connectivity index (χ2v) is 13.3. The largest absolute Gasteiger partial charge is 0.436 e. The number of oxazole rings is 1. The van der Waals surface area contributed by atoms with Gasteiger partial charge in [-0.15, -0.1) is 11.3 Å². The van der Waals surface area contributed by atoms with Gasteiger partial charge in [0.15, 0.2) is 23.1 Å². The average Bonchev–Trinajstić information content (AvgIpc) is 3.80. The molecule has 7 aromatic carbocycles. The molecule has 3 aromatic heterocycles. The summed E-state index contributed by atoms with van der Waals surface area (Å²) in [6.45, 7) is 0. The van der Waals surface area contributed by atoms with Crippen LogP contribution in [-0.4, -0.2) is 19.9 Å². The predicted molar refractivity (Wildman–Crippen MR) is 205 cm³/mol. The van der Waals surface area contributed by atoms with Crippen molar-refractivity contribution < 1.29 is 4.42 Å². The zero-order valence-electron chi connectivity index (χ0n) is 26.6. The standard InChI is InChI=1S/C44H26N4OS/c1-3-13-28(14-4-1)41-46-42(29-15-5-2-6-16-29)48-43(47-41)35-20-11-21-37-39(35)34-24-22-30(26-38(34)50-37)31-17-9-10-19-33(31)44-45-40-32-18-8-7-12-27(32)23-25-36(40)49-44/h1-26H. The van der Waals surface area contributed by atoms with Gasteiger partial charge >= 0.3 is 0 Å². The van der Waals surface area contributed by atoms with Crippen LogP contribution in [0.2, 0.25) is 0 Å². The summed E-state index contributed by atoms with van der Waals surface area (Å²) in [5.41, 5.74) is 7.68. The van der Waals surface area contributed by atoms with Gasteiger partial charge in [0.05, 0.1) is 0 Å². The number of rotatable bonds is 5. The molecule has 0 bridgehead atoms. The lowest BCUT2D eigenvalue weighted by Crippen LogP contribution is -2.00. The fourth-order valence-corrected chi connectivity index (χ4v) is 7.98. The van der Waals surface area contributed by atoms with Crippen LogP contribution >= 0.6 is 11.3 Å². The smallest absolute Gasteiger partial charge is 0.227 e. The fourth-order valence-electron chi connectivity index (χ4n) is 6.81. The summed E-state index contributed by atoms with van der Waals surface area (Å²) in [6, 6.07) is 54.0. The van der Waals surface area contributed by atoms with E-state index in [-0.39, 0.29) is 0 Å². The molecule has 3 heterocycles. The van der Waals surface area contributed by atoms with Crippen molar-refractivity contribution >= 4 is 53.4 Å². The summed E-state index contributed by atoms with van der Waals surface area (Å²) >= 11 is 1.78. The van der Waals surface area contributed by atoms with Crippen molar-refractivity contribution in [2.45, 2.75) is 0 Å². The molecule has 5 nitrogen and oxygen atoms in total. The number of thiophene rings is 1. The van der Waals surface area contributed by atoms with Gasteiger partial charge < -0.3 is 4.42 Å². The highest BCUT2D eigenvalue weighted by atomic mass is 32.1. The molecule has 10 rings (SSSR count). The van der Waals surface area contributed by atoms with Crippen molar-refractivity contribution in [3.05, 3.63) is 158 Å². The first-order valence-electron chi connectivity index (χ1n) is 16.5. The molecule has 0 atom stereocenters. The monoisotopic (exact) mass is 658 g/mol. The first-order chi connectivity index (χ1) is 24.8. The highest BCUT2D eigenvalue weighted by molar-refractivity contribution is 7.26. The lowest BCUT2D eigenvalue weighted by atomic mass is 9.98. The fraction of sp³-hybridized carbons (Fsp3) is 0. The van der Waals surface area contributed by atoms with Gasteiger partial charge in [-0.3, -0.25) is 0 Å². The van der Waals surface area contributed by atoms with Gasteiger partial charge in [0.2, 0.25) is 5.89 Å². The second-order valence-electron chi connectivity index (χ2n) is 12.2. The maximum Gasteiger partial charge on any atom is 0.227 e. The van der Waals surface area contributed by atoms with Crippen molar-refractivity contribution in [2.24, 2.45) is 0 Å². The van der Waals surface area contributed by atoms with E-state index in [0.29, 0.717) is 23.4 Å². The zero-order chi connectivity index (χ0) is 33.0. The van der Waals surface area contributed by atoms with E-state index in [2.05, 4.69) is 72.8 Å². The highest BCUT2D eigenvalue weighted by Gasteiger charge is 2.19. The Morgan fingerprint density at radius 2 is 1.08 bits per heavy atom. The van der Waals surface area contributed by atoms with Crippen LogP contribution in [0.3, 0.4) is 0 Å². The quantitative estimate of drug-likeness (QED) is 0.184. The number of hydrogen-bond acceptors (Lipinski definition) is 6. The predicted octanol–water partition coefficient (Wildman–Crippen LogP) is 11.9.